The zero-order chi connectivity index (χ0) is 17.9. The molecule has 6 heteroatoms. The molecular weight excluding hydrogens is 348 g/mol. The van der Waals surface area contributed by atoms with Crippen molar-refractivity contribution < 1.29 is 0 Å². The minimum atomic E-state index is -0.319. The zero-order valence-electron chi connectivity index (χ0n) is 14.2. The summed E-state index contributed by atoms with van der Waals surface area (Å²) in [5.41, 5.74) is 2.17. The maximum Gasteiger partial charge on any atom is 0.292 e. The second-order valence-corrected chi connectivity index (χ2v) is 6.71. The monoisotopic (exact) mass is 366 g/mol. The number of nitrogens with zero attached hydrogens (tertiary/aromatic N) is 3. The highest BCUT2D eigenvalue weighted by Gasteiger charge is 2.24. The number of halogens is 1. The van der Waals surface area contributed by atoms with Crippen LogP contribution in [-0.2, 0) is 0 Å². The van der Waals surface area contributed by atoms with Gasteiger partial charge in [0, 0.05) is 24.8 Å². The summed E-state index contributed by atoms with van der Waals surface area (Å²) in [6.07, 6.45) is 2.61. The van der Waals surface area contributed by atoms with Gasteiger partial charge in [0.1, 0.15) is 5.02 Å². The summed E-state index contributed by atoms with van der Waals surface area (Å²) in [5, 5.41) is 7.82. The summed E-state index contributed by atoms with van der Waals surface area (Å²) in [7, 11) is 0. The standard InChI is InChI=1S/C20H19ClN4O/c21-19-18(13-22-25(20(19)26)17-9-5-2-6-10-17)23-15-11-12-24(14-15)16-7-3-1-4-8-16/h1-10,13,15,23H,11-12,14H2. The Hall–Kier alpha value is -2.79. The topological polar surface area (TPSA) is 50.2 Å². The Kier molecular flexibility index (Phi) is 4.63. The van der Waals surface area contributed by atoms with Crippen molar-refractivity contribution in [1.29, 1.82) is 0 Å². The average molecular weight is 367 g/mol. The van der Waals surface area contributed by atoms with Gasteiger partial charge < -0.3 is 10.2 Å². The second kappa shape index (κ2) is 7.22. The molecule has 0 aliphatic carbocycles. The van der Waals surface area contributed by atoms with Crippen LogP contribution < -0.4 is 15.8 Å². The van der Waals surface area contributed by atoms with Crippen molar-refractivity contribution in [2.45, 2.75) is 12.5 Å². The predicted molar refractivity (Wildman–Crippen MR) is 106 cm³/mol. The summed E-state index contributed by atoms with van der Waals surface area (Å²) in [6, 6.07) is 19.8. The Morgan fingerprint density at radius 2 is 1.65 bits per heavy atom. The molecule has 1 aromatic heterocycles. The molecule has 1 N–H and O–H groups in total. The van der Waals surface area contributed by atoms with Gasteiger partial charge in [-0.25, -0.2) is 0 Å². The summed E-state index contributed by atoms with van der Waals surface area (Å²) >= 11 is 6.33. The lowest BCUT2D eigenvalue weighted by Gasteiger charge is -2.19. The van der Waals surface area contributed by atoms with Crippen LogP contribution in [0.25, 0.3) is 5.69 Å². The van der Waals surface area contributed by atoms with Crippen molar-refractivity contribution in [2.75, 3.05) is 23.3 Å². The van der Waals surface area contributed by atoms with Gasteiger partial charge in [0.2, 0.25) is 0 Å². The van der Waals surface area contributed by atoms with Gasteiger partial charge in [0.05, 0.1) is 17.6 Å². The van der Waals surface area contributed by atoms with Crippen LogP contribution >= 0.6 is 11.6 Å². The normalized spacial score (nSPS) is 16.7. The zero-order valence-corrected chi connectivity index (χ0v) is 14.9. The molecule has 0 bridgehead atoms. The van der Waals surface area contributed by atoms with E-state index in [0.717, 1.165) is 19.5 Å². The lowest BCUT2D eigenvalue weighted by atomic mass is 10.2. The fraction of sp³-hybridized carbons (Fsp3) is 0.200. The van der Waals surface area contributed by atoms with Crippen molar-refractivity contribution in [1.82, 2.24) is 9.78 Å². The van der Waals surface area contributed by atoms with E-state index in [4.69, 9.17) is 11.6 Å². The van der Waals surface area contributed by atoms with Crippen LogP contribution in [0.4, 0.5) is 11.4 Å². The number of hydrogen-bond donors (Lipinski definition) is 1. The van der Waals surface area contributed by atoms with E-state index in [1.807, 2.05) is 48.5 Å². The maximum absolute atomic E-state index is 12.6. The van der Waals surface area contributed by atoms with Crippen molar-refractivity contribution >= 4 is 23.0 Å². The van der Waals surface area contributed by atoms with Crippen molar-refractivity contribution in [3.8, 4) is 5.69 Å². The molecule has 0 radical (unpaired) electrons. The molecule has 26 heavy (non-hydrogen) atoms. The Bertz CT molecular complexity index is 943. The number of aromatic nitrogens is 2. The van der Waals surface area contributed by atoms with E-state index in [0.29, 0.717) is 11.4 Å². The molecule has 1 aliphatic rings. The van der Waals surface area contributed by atoms with Crippen LogP contribution in [-0.4, -0.2) is 28.9 Å². The highest BCUT2D eigenvalue weighted by Crippen LogP contribution is 2.24. The van der Waals surface area contributed by atoms with Crippen LogP contribution in [0.3, 0.4) is 0 Å². The predicted octanol–water partition coefficient (Wildman–Crippen LogP) is 3.58. The van der Waals surface area contributed by atoms with Crippen LogP contribution in [0.2, 0.25) is 5.02 Å². The molecule has 1 saturated heterocycles. The van der Waals surface area contributed by atoms with Gasteiger partial charge in [-0.15, -0.1) is 0 Å². The van der Waals surface area contributed by atoms with Gasteiger partial charge in [-0.3, -0.25) is 4.79 Å². The fourth-order valence-corrected chi connectivity index (χ4v) is 3.44. The number of nitrogens with one attached hydrogen (secondary N) is 1. The van der Waals surface area contributed by atoms with Crippen LogP contribution in [0.5, 0.6) is 0 Å². The van der Waals surface area contributed by atoms with Gasteiger partial charge in [-0.1, -0.05) is 48.0 Å². The van der Waals surface area contributed by atoms with Gasteiger partial charge in [-0.05, 0) is 30.7 Å². The number of para-hydroxylation sites is 2. The van der Waals surface area contributed by atoms with Crippen LogP contribution in [0.15, 0.2) is 71.7 Å². The number of benzene rings is 2. The SMILES string of the molecule is O=c1c(Cl)c(NC2CCN(c3ccccc3)C2)cnn1-c1ccccc1. The summed E-state index contributed by atoms with van der Waals surface area (Å²) < 4.78 is 1.32. The van der Waals surface area contributed by atoms with E-state index in [-0.39, 0.29) is 16.6 Å². The van der Waals surface area contributed by atoms with Crippen molar-refractivity contribution in [2.24, 2.45) is 0 Å². The van der Waals surface area contributed by atoms with Gasteiger partial charge in [0.15, 0.2) is 0 Å². The van der Waals surface area contributed by atoms with Gasteiger partial charge in [0.25, 0.3) is 5.56 Å². The van der Waals surface area contributed by atoms with Gasteiger partial charge in [-0.2, -0.15) is 9.78 Å². The van der Waals surface area contributed by atoms with E-state index >= 15 is 0 Å². The molecule has 0 saturated carbocycles. The van der Waals surface area contributed by atoms with E-state index in [2.05, 4.69) is 27.4 Å². The first-order valence-electron chi connectivity index (χ1n) is 8.62. The van der Waals surface area contributed by atoms with Crippen molar-refractivity contribution in [3.05, 3.63) is 82.2 Å². The molecule has 1 atom stereocenters. The lowest BCUT2D eigenvalue weighted by molar-refractivity contribution is 0.782. The number of hydrogen-bond acceptors (Lipinski definition) is 4. The average Bonchev–Trinajstić information content (AvgIpc) is 3.16. The highest BCUT2D eigenvalue weighted by molar-refractivity contribution is 6.33. The van der Waals surface area contributed by atoms with Crippen LogP contribution in [0.1, 0.15) is 6.42 Å². The molecule has 132 valence electrons. The van der Waals surface area contributed by atoms with Crippen molar-refractivity contribution in [3.63, 3.8) is 0 Å². The Morgan fingerprint density at radius 1 is 1.00 bits per heavy atom. The minimum absolute atomic E-state index is 0.169. The quantitative estimate of drug-likeness (QED) is 0.766. The maximum atomic E-state index is 12.6. The molecular formula is C20H19ClN4O. The molecule has 4 rings (SSSR count). The van der Waals surface area contributed by atoms with Crippen LogP contribution in [0, 0.1) is 0 Å². The lowest BCUT2D eigenvalue weighted by Crippen LogP contribution is -2.28. The summed E-state index contributed by atoms with van der Waals surface area (Å²) in [6.45, 7) is 1.83. The molecule has 1 aliphatic heterocycles. The molecule has 0 amide bonds. The Morgan fingerprint density at radius 3 is 2.35 bits per heavy atom. The fourth-order valence-electron chi connectivity index (χ4n) is 3.26. The molecule has 1 fully saturated rings. The molecule has 1 unspecified atom stereocenters. The molecule has 2 aromatic carbocycles. The Labute approximate surface area is 156 Å². The first-order chi connectivity index (χ1) is 12.7. The van der Waals surface area contributed by atoms with E-state index < -0.39 is 0 Å². The third-order valence-electron chi connectivity index (χ3n) is 4.59. The molecule has 5 nitrogen and oxygen atoms in total. The second-order valence-electron chi connectivity index (χ2n) is 6.34. The molecule has 2 heterocycles. The van der Waals surface area contributed by atoms with E-state index in [9.17, 15) is 4.79 Å². The summed E-state index contributed by atoms with van der Waals surface area (Å²) in [5.74, 6) is 0. The smallest absolute Gasteiger partial charge is 0.292 e. The molecule has 0 spiro atoms. The van der Waals surface area contributed by atoms with E-state index in [1.165, 1.54) is 10.4 Å². The Balaban J connectivity index is 1.51. The minimum Gasteiger partial charge on any atom is -0.378 e. The summed E-state index contributed by atoms with van der Waals surface area (Å²) in [4.78, 5) is 14.9. The molecule has 3 aromatic rings. The number of anilines is 2. The third kappa shape index (κ3) is 3.30. The number of rotatable bonds is 4. The third-order valence-corrected chi connectivity index (χ3v) is 4.95. The van der Waals surface area contributed by atoms with E-state index in [1.54, 1.807) is 6.20 Å². The van der Waals surface area contributed by atoms with Gasteiger partial charge >= 0.3 is 0 Å². The first-order valence-corrected chi connectivity index (χ1v) is 9.00. The first kappa shape index (κ1) is 16.7. The largest absolute Gasteiger partial charge is 0.378 e. The highest BCUT2D eigenvalue weighted by atomic mass is 35.5.